The van der Waals surface area contributed by atoms with Gasteiger partial charge in [0, 0.05) is 38.8 Å². The third-order valence-corrected chi connectivity index (χ3v) is 3.97. The minimum Gasteiger partial charge on any atom is -0.339 e. The van der Waals surface area contributed by atoms with Crippen LogP contribution in [0.5, 0.6) is 0 Å². The van der Waals surface area contributed by atoms with Crippen LogP contribution in [0, 0.1) is 5.82 Å². The number of piperazine rings is 1. The van der Waals surface area contributed by atoms with Crippen molar-refractivity contribution < 1.29 is 14.0 Å². The number of hydrogen-bond donors (Lipinski definition) is 0. The van der Waals surface area contributed by atoms with Gasteiger partial charge in [0.2, 0.25) is 11.8 Å². The Morgan fingerprint density at radius 1 is 1.23 bits per heavy atom. The van der Waals surface area contributed by atoms with Gasteiger partial charge in [-0.1, -0.05) is 13.0 Å². The molecule has 2 rings (SSSR count). The van der Waals surface area contributed by atoms with E-state index < -0.39 is 5.82 Å². The van der Waals surface area contributed by atoms with Crippen LogP contribution in [-0.4, -0.2) is 60.9 Å². The average Bonchev–Trinajstić information content (AvgIpc) is 2.52. The first-order chi connectivity index (χ1) is 10.5. The summed E-state index contributed by atoms with van der Waals surface area (Å²) in [6.07, 6.45) is 0. The Hall–Kier alpha value is -1.95. The summed E-state index contributed by atoms with van der Waals surface area (Å²) in [5.41, 5.74) is 0.410. The fourth-order valence-electron chi connectivity index (χ4n) is 2.58. The van der Waals surface area contributed by atoms with Gasteiger partial charge in [0.25, 0.3) is 0 Å². The lowest BCUT2D eigenvalue weighted by Gasteiger charge is -2.35. The third kappa shape index (κ3) is 4.04. The van der Waals surface area contributed by atoms with E-state index >= 15 is 0 Å². The van der Waals surface area contributed by atoms with E-state index in [4.69, 9.17) is 0 Å². The number of amides is 2. The quantitative estimate of drug-likeness (QED) is 0.843. The van der Waals surface area contributed by atoms with Gasteiger partial charge < -0.3 is 14.7 Å². The summed E-state index contributed by atoms with van der Waals surface area (Å²) >= 11 is 0. The summed E-state index contributed by atoms with van der Waals surface area (Å²) in [6.45, 7) is 7.44. The minimum absolute atomic E-state index is 0.0507. The number of benzene rings is 1. The fourth-order valence-corrected chi connectivity index (χ4v) is 2.58. The van der Waals surface area contributed by atoms with Crippen LogP contribution in [0.2, 0.25) is 0 Å². The van der Waals surface area contributed by atoms with Gasteiger partial charge >= 0.3 is 0 Å². The molecule has 2 amide bonds. The summed E-state index contributed by atoms with van der Waals surface area (Å²) in [7, 11) is 0. The Kier molecular flexibility index (Phi) is 5.49. The molecule has 1 heterocycles. The second-order valence-electron chi connectivity index (χ2n) is 5.40. The molecular weight excluding hydrogens is 285 g/mol. The Morgan fingerprint density at radius 2 is 1.91 bits per heavy atom. The molecule has 5 nitrogen and oxygen atoms in total. The Morgan fingerprint density at radius 3 is 2.45 bits per heavy atom. The lowest BCUT2D eigenvalue weighted by molar-refractivity contribution is -0.132. The molecule has 0 aliphatic carbocycles. The maximum absolute atomic E-state index is 13.3. The highest BCUT2D eigenvalue weighted by molar-refractivity contribution is 5.97. The molecule has 22 heavy (non-hydrogen) atoms. The van der Waals surface area contributed by atoms with E-state index in [0.29, 0.717) is 18.8 Å². The zero-order valence-corrected chi connectivity index (χ0v) is 13.1. The molecule has 0 aromatic heterocycles. The van der Waals surface area contributed by atoms with E-state index in [1.54, 1.807) is 11.0 Å². The van der Waals surface area contributed by atoms with Crippen LogP contribution in [0.15, 0.2) is 24.3 Å². The highest BCUT2D eigenvalue weighted by atomic mass is 19.1. The van der Waals surface area contributed by atoms with Crippen LogP contribution in [0.3, 0.4) is 0 Å². The molecule has 0 spiro atoms. The molecule has 0 N–H and O–H groups in total. The van der Waals surface area contributed by atoms with Crippen molar-refractivity contribution in [1.82, 2.24) is 9.80 Å². The summed E-state index contributed by atoms with van der Waals surface area (Å²) in [6, 6.07) is 5.75. The second kappa shape index (κ2) is 7.35. The summed E-state index contributed by atoms with van der Waals surface area (Å²) in [5, 5.41) is 0. The van der Waals surface area contributed by atoms with E-state index in [0.717, 1.165) is 19.6 Å². The smallest absolute Gasteiger partial charge is 0.242 e. The van der Waals surface area contributed by atoms with Crippen molar-refractivity contribution in [2.45, 2.75) is 13.8 Å². The molecule has 1 aliphatic heterocycles. The molecule has 1 aromatic rings. The van der Waals surface area contributed by atoms with Crippen molar-refractivity contribution in [3.05, 3.63) is 30.1 Å². The topological polar surface area (TPSA) is 43.9 Å². The number of nitrogens with zero attached hydrogens (tertiary/aromatic N) is 3. The van der Waals surface area contributed by atoms with Crippen LogP contribution >= 0.6 is 0 Å². The normalized spacial score (nSPS) is 15.7. The molecule has 0 unspecified atom stereocenters. The monoisotopic (exact) mass is 307 g/mol. The Bertz CT molecular complexity index is 542. The molecule has 1 saturated heterocycles. The molecule has 0 radical (unpaired) electrons. The van der Waals surface area contributed by atoms with Crippen molar-refractivity contribution in [2.24, 2.45) is 0 Å². The van der Waals surface area contributed by atoms with Crippen LogP contribution < -0.4 is 4.90 Å². The first-order valence-electron chi connectivity index (χ1n) is 7.55. The second-order valence-corrected chi connectivity index (χ2v) is 5.40. The molecule has 120 valence electrons. The Balaban J connectivity index is 2.02. The first kappa shape index (κ1) is 16.4. The summed E-state index contributed by atoms with van der Waals surface area (Å²) in [5.74, 6) is -0.797. The minimum atomic E-state index is -0.423. The molecule has 0 saturated carbocycles. The molecule has 1 fully saturated rings. The molecule has 1 aromatic carbocycles. The maximum atomic E-state index is 13.3. The fraction of sp³-hybridized carbons (Fsp3) is 0.500. The number of hydrogen-bond acceptors (Lipinski definition) is 3. The lowest BCUT2D eigenvalue weighted by Crippen LogP contribution is -2.51. The molecule has 0 atom stereocenters. The first-order valence-corrected chi connectivity index (χ1v) is 7.55. The largest absolute Gasteiger partial charge is 0.339 e. The SMILES string of the molecule is CCN1CCN(C(=O)CN(C(C)=O)c2cccc(F)c2)CC1. The van der Waals surface area contributed by atoms with Gasteiger partial charge in [-0.2, -0.15) is 0 Å². The van der Waals surface area contributed by atoms with Crippen molar-refractivity contribution >= 4 is 17.5 Å². The van der Waals surface area contributed by atoms with Gasteiger partial charge in [0.05, 0.1) is 0 Å². The standard InChI is InChI=1S/C16H22FN3O2/c1-3-18-7-9-19(10-8-18)16(22)12-20(13(2)21)15-6-4-5-14(17)11-15/h4-6,11H,3,7-10,12H2,1-2H3. The number of carbonyl (C=O) groups is 2. The number of halogens is 1. The van der Waals surface area contributed by atoms with Crippen LogP contribution in [0.25, 0.3) is 0 Å². The molecule has 0 bridgehead atoms. The number of rotatable bonds is 4. The number of carbonyl (C=O) groups excluding carboxylic acids is 2. The Labute approximate surface area is 130 Å². The molecule has 1 aliphatic rings. The number of anilines is 1. The molecule has 6 heteroatoms. The van der Waals surface area contributed by atoms with E-state index in [2.05, 4.69) is 11.8 Å². The predicted octanol–water partition coefficient (Wildman–Crippen LogP) is 1.34. The van der Waals surface area contributed by atoms with Crippen LogP contribution in [-0.2, 0) is 9.59 Å². The average molecular weight is 307 g/mol. The van der Waals surface area contributed by atoms with Crippen molar-refractivity contribution in [1.29, 1.82) is 0 Å². The van der Waals surface area contributed by atoms with Gasteiger partial charge in [0.15, 0.2) is 0 Å². The van der Waals surface area contributed by atoms with Gasteiger partial charge in [-0.15, -0.1) is 0 Å². The number of likely N-dealkylation sites (N-methyl/N-ethyl adjacent to an activating group) is 1. The molecular formula is C16H22FN3O2. The van der Waals surface area contributed by atoms with Gasteiger partial charge in [-0.3, -0.25) is 9.59 Å². The van der Waals surface area contributed by atoms with Gasteiger partial charge in [-0.05, 0) is 24.7 Å². The van der Waals surface area contributed by atoms with Gasteiger partial charge in [-0.25, -0.2) is 4.39 Å². The predicted molar refractivity (Wildman–Crippen MR) is 83.1 cm³/mol. The summed E-state index contributed by atoms with van der Waals surface area (Å²) in [4.78, 5) is 29.5. The van der Waals surface area contributed by atoms with Crippen LogP contribution in [0.4, 0.5) is 10.1 Å². The highest BCUT2D eigenvalue weighted by Crippen LogP contribution is 2.16. The van der Waals surface area contributed by atoms with Crippen molar-refractivity contribution in [3.8, 4) is 0 Å². The lowest BCUT2D eigenvalue weighted by atomic mass is 10.2. The summed E-state index contributed by atoms with van der Waals surface area (Å²) < 4.78 is 13.3. The maximum Gasteiger partial charge on any atom is 0.242 e. The van der Waals surface area contributed by atoms with Crippen molar-refractivity contribution in [3.63, 3.8) is 0 Å². The van der Waals surface area contributed by atoms with E-state index in [1.807, 2.05) is 0 Å². The van der Waals surface area contributed by atoms with Crippen LogP contribution in [0.1, 0.15) is 13.8 Å². The zero-order chi connectivity index (χ0) is 16.1. The highest BCUT2D eigenvalue weighted by Gasteiger charge is 2.23. The van der Waals surface area contributed by atoms with E-state index in [9.17, 15) is 14.0 Å². The van der Waals surface area contributed by atoms with E-state index in [-0.39, 0.29) is 18.4 Å². The van der Waals surface area contributed by atoms with Crippen molar-refractivity contribution in [2.75, 3.05) is 44.2 Å². The van der Waals surface area contributed by atoms with E-state index in [1.165, 1.54) is 30.0 Å². The zero-order valence-electron chi connectivity index (χ0n) is 13.1. The van der Waals surface area contributed by atoms with Gasteiger partial charge in [0.1, 0.15) is 12.4 Å². The third-order valence-electron chi connectivity index (χ3n) is 3.97.